The summed E-state index contributed by atoms with van der Waals surface area (Å²) >= 11 is 0. The van der Waals surface area contributed by atoms with Crippen molar-refractivity contribution in [2.75, 3.05) is 0 Å². The van der Waals surface area contributed by atoms with Crippen LogP contribution < -0.4 is 0 Å². The average molecular weight is 347 g/mol. The largest absolute Gasteiger partial charge is 0.355 e. The Hall–Kier alpha value is -2.95. The summed E-state index contributed by atoms with van der Waals surface area (Å²) < 4.78 is 5.65. The third-order valence-corrected chi connectivity index (χ3v) is 4.93. The lowest BCUT2D eigenvalue weighted by Crippen LogP contribution is -2.30. The van der Waals surface area contributed by atoms with Crippen molar-refractivity contribution in [3.8, 4) is 22.6 Å². The highest BCUT2D eigenvalue weighted by molar-refractivity contribution is 5.99. The molecule has 0 bridgehead atoms. The van der Waals surface area contributed by atoms with Crippen molar-refractivity contribution >= 4 is 5.91 Å². The summed E-state index contributed by atoms with van der Waals surface area (Å²) in [4.78, 5) is 18.7. The summed E-state index contributed by atoms with van der Waals surface area (Å²) in [5.74, 6) is 0.834. The molecule has 0 N–H and O–H groups in total. The summed E-state index contributed by atoms with van der Waals surface area (Å²) in [6.45, 7) is 8.67. The molecule has 1 amide bonds. The maximum absolute atomic E-state index is 12.5. The molecule has 0 unspecified atom stereocenters. The van der Waals surface area contributed by atoms with Gasteiger partial charge < -0.3 is 9.42 Å². The summed E-state index contributed by atoms with van der Waals surface area (Å²) in [5, 5.41) is 4.25. The highest BCUT2D eigenvalue weighted by atomic mass is 16.5. The second-order valence-corrected chi connectivity index (χ2v) is 7.07. The zero-order valence-electron chi connectivity index (χ0n) is 15.4. The molecule has 4 rings (SSSR count). The summed E-state index contributed by atoms with van der Waals surface area (Å²) in [6, 6.07) is 10.0. The van der Waals surface area contributed by atoms with E-state index in [9.17, 15) is 4.79 Å². The first kappa shape index (κ1) is 16.5. The zero-order chi connectivity index (χ0) is 18.4. The molecule has 1 aliphatic heterocycles. The van der Waals surface area contributed by atoms with Gasteiger partial charge in [0.1, 0.15) is 5.69 Å². The van der Waals surface area contributed by atoms with Crippen molar-refractivity contribution in [3.05, 3.63) is 58.9 Å². The Kier molecular flexibility index (Phi) is 3.87. The maximum Gasteiger partial charge on any atom is 0.254 e. The summed E-state index contributed by atoms with van der Waals surface area (Å²) in [5.41, 5.74) is 6.43. The predicted molar refractivity (Wildman–Crippen MR) is 99.7 cm³/mol. The molecule has 0 saturated carbocycles. The van der Waals surface area contributed by atoms with Gasteiger partial charge in [-0.1, -0.05) is 11.2 Å². The van der Waals surface area contributed by atoms with Gasteiger partial charge in [-0.2, -0.15) is 0 Å². The molecule has 5 nitrogen and oxygen atoms in total. The number of rotatable bonds is 3. The molecule has 1 aliphatic rings. The molecule has 0 atom stereocenters. The van der Waals surface area contributed by atoms with Crippen molar-refractivity contribution in [2.45, 2.75) is 40.3 Å². The number of hydrogen-bond acceptors (Lipinski definition) is 4. The van der Waals surface area contributed by atoms with Crippen LogP contribution in [-0.2, 0) is 6.54 Å². The van der Waals surface area contributed by atoms with Crippen LogP contribution in [0.5, 0.6) is 0 Å². The van der Waals surface area contributed by atoms with Crippen LogP contribution in [-0.4, -0.2) is 27.0 Å². The number of aryl methyl sites for hydroxylation is 1. The van der Waals surface area contributed by atoms with Crippen molar-refractivity contribution in [1.82, 2.24) is 15.0 Å². The van der Waals surface area contributed by atoms with Gasteiger partial charge in [0.05, 0.1) is 0 Å². The van der Waals surface area contributed by atoms with E-state index in [1.165, 1.54) is 0 Å². The minimum Gasteiger partial charge on any atom is -0.355 e. The minimum atomic E-state index is 0.0993. The van der Waals surface area contributed by atoms with E-state index in [1.54, 1.807) is 0 Å². The van der Waals surface area contributed by atoms with E-state index < -0.39 is 0 Å². The number of nitrogens with zero attached hydrogens (tertiary/aromatic N) is 3. The van der Waals surface area contributed by atoms with Crippen LogP contribution >= 0.6 is 0 Å². The van der Waals surface area contributed by atoms with Crippen LogP contribution in [0.25, 0.3) is 22.6 Å². The minimum absolute atomic E-state index is 0.0993. The Morgan fingerprint density at radius 1 is 1.12 bits per heavy atom. The molecule has 0 radical (unpaired) electrons. The van der Waals surface area contributed by atoms with E-state index in [0.29, 0.717) is 6.54 Å². The normalized spacial score (nSPS) is 13.6. The van der Waals surface area contributed by atoms with Gasteiger partial charge in [0, 0.05) is 46.7 Å². The Balaban J connectivity index is 1.71. The van der Waals surface area contributed by atoms with Gasteiger partial charge in [0.15, 0.2) is 5.76 Å². The first-order valence-corrected chi connectivity index (χ1v) is 8.79. The molecule has 26 heavy (non-hydrogen) atoms. The molecule has 132 valence electrons. The molecule has 1 aromatic carbocycles. The number of fused-ring (bicyclic) bond motifs is 1. The van der Waals surface area contributed by atoms with Crippen molar-refractivity contribution in [2.24, 2.45) is 0 Å². The first-order valence-electron chi connectivity index (χ1n) is 8.79. The molecule has 3 aromatic rings. The lowest BCUT2D eigenvalue weighted by Gasteiger charge is -2.19. The van der Waals surface area contributed by atoms with Crippen LogP contribution in [0.4, 0.5) is 0 Å². The van der Waals surface area contributed by atoms with E-state index in [-0.39, 0.29) is 11.9 Å². The van der Waals surface area contributed by atoms with Crippen LogP contribution in [0.3, 0.4) is 0 Å². The summed E-state index contributed by atoms with van der Waals surface area (Å²) in [6.07, 6.45) is 1.81. The van der Waals surface area contributed by atoms with Gasteiger partial charge in [-0.15, -0.1) is 0 Å². The molecule has 0 saturated heterocycles. The van der Waals surface area contributed by atoms with Crippen molar-refractivity contribution in [3.63, 3.8) is 0 Å². The average Bonchev–Trinajstić information content (AvgIpc) is 3.16. The number of hydrogen-bond donors (Lipinski definition) is 0. The molecule has 5 heteroatoms. The molecule has 3 heterocycles. The van der Waals surface area contributed by atoms with Crippen LogP contribution in [0.1, 0.15) is 41.0 Å². The SMILES string of the molecule is Cc1ccc(-c2noc(-c3ccc4c(c3)CN(C(C)C)C4=O)c2C)cn1. The van der Waals surface area contributed by atoms with Gasteiger partial charge in [-0.05, 0) is 57.5 Å². The number of carbonyl (C=O) groups excluding carboxylic acids is 1. The monoisotopic (exact) mass is 347 g/mol. The third-order valence-electron chi connectivity index (χ3n) is 4.93. The molecule has 2 aromatic heterocycles. The molecule has 0 spiro atoms. The van der Waals surface area contributed by atoms with Crippen molar-refractivity contribution < 1.29 is 9.32 Å². The Labute approximate surface area is 152 Å². The van der Waals surface area contributed by atoms with Gasteiger partial charge in [-0.25, -0.2) is 0 Å². The second kappa shape index (κ2) is 6.09. The molecular formula is C21H21N3O2. The lowest BCUT2D eigenvalue weighted by molar-refractivity contribution is 0.0730. The quantitative estimate of drug-likeness (QED) is 0.705. The van der Waals surface area contributed by atoms with E-state index in [2.05, 4.69) is 10.1 Å². The number of amides is 1. The van der Waals surface area contributed by atoms with E-state index >= 15 is 0 Å². The van der Waals surface area contributed by atoms with Gasteiger partial charge in [0.2, 0.25) is 0 Å². The topological polar surface area (TPSA) is 59.2 Å². The highest BCUT2D eigenvalue weighted by Gasteiger charge is 2.29. The second-order valence-electron chi connectivity index (χ2n) is 7.07. The van der Waals surface area contributed by atoms with Crippen LogP contribution in [0.15, 0.2) is 41.1 Å². The van der Waals surface area contributed by atoms with E-state index in [4.69, 9.17) is 4.52 Å². The summed E-state index contributed by atoms with van der Waals surface area (Å²) in [7, 11) is 0. The van der Waals surface area contributed by atoms with E-state index in [0.717, 1.165) is 45.0 Å². The van der Waals surface area contributed by atoms with Gasteiger partial charge in [-0.3, -0.25) is 9.78 Å². The fraction of sp³-hybridized carbons (Fsp3) is 0.286. The van der Waals surface area contributed by atoms with Gasteiger partial charge >= 0.3 is 0 Å². The van der Waals surface area contributed by atoms with Crippen molar-refractivity contribution in [1.29, 1.82) is 0 Å². The van der Waals surface area contributed by atoms with Crippen LogP contribution in [0.2, 0.25) is 0 Å². The van der Waals surface area contributed by atoms with Gasteiger partial charge in [0.25, 0.3) is 5.91 Å². The Morgan fingerprint density at radius 2 is 1.88 bits per heavy atom. The number of aromatic nitrogens is 2. The van der Waals surface area contributed by atoms with E-state index in [1.807, 2.05) is 69.1 Å². The smallest absolute Gasteiger partial charge is 0.254 e. The maximum atomic E-state index is 12.5. The molecular weight excluding hydrogens is 326 g/mol. The van der Waals surface area contributed by atoms with Crippen LogP contribution in [0, 0.1) is 13.8 Å². The highest BCUT2D eigenvalue weighted by Crippen LogP contribution is 2.34. The number of benzene rings is 1. The first-order chi connectivity index (χ1) is 12.5. The number of carbonyl (C=O) groups is 1. The fourth-order valence-electron chi connectivity index (χ4n) is 3.38. The Bertz CT molecular complexity index is 987. The predicted octanol–water partition coefficient (Wildman–Crippen LogP) is 4.38. The standard InChI is InChI=1S/C21H21N3O2/c1-12(2)24-11-17-9-15(7-8-18(17)21(24)25)20-14(4)19(23-26-20)16-6-5-13(3)22-10-16/h5-10,12H,11H2,1-4H3. The molecule has 0 aliphatic carbocycles. The Morgan fingerprint density at radius 3 is 2.58 bits per heavy atom. The third kappa shape index (κ3) is 2.60. The fourth-order valence-corrected chi connectivity index (χ4v) is 3.38. The molecule has 0 fully saturated rings. The lowest BCUT2D eigenvalue weighted by atomic mass is 10.0. The zero-order valence-corrected chi connectivity index (χ0v) is 15.4. The number of pyridine rings is 1.